The minimum atomic E-state index is -0.0767. The summed E-state index contributed by atoms with van der Waals surface area (Å²) in [5.74, 6) is 0.324. The Kier molecular flexibility index (Phi) is 4.72. The van der Waals surface area contributed by atoms with Crippen LogP contribution in [0, 0.1) is 0 Å². The van der Waals surface area contributed by atoms with Crippen molar-refractivity contribution >= 4 is 5.78 Å². The number of benzene rings is 2. The lowest BCUT2D eigenvalue weighted by molar-refractivity contribution is 0.0926. The third kappa shape index (κ3) is 3.15. The van der Waals surface area contributed by atoms with Crippen LogP contribution in [0.15, 0.2) is 66.4 Å². The van der Waals surface area contributed by atoms with E-state index in [0.29, 0.717) is 17.9 Å². The van der Waals surface area contributed by atoms with E-state index in [-0.39, 0.29) is 5.78 Å². The summed E-state index contributed by atoms with van der Waals surface area (Å²) in [5.41, 5.74) is 2.77. The zero-order valence-corrected chi connectivity index (χ0v) is 11.8. The van der Waals surface area contributed by atoms with Gasteiger partial charge in [0.2, 0.25) is 5.78 Å². The molecule has 0 aliphatic carbocycles. The van der Waals surface area contributed by atoms with E-state index in [4.69, 9.17) is 4.74 Å². The van der Waals surface area contributed by atoms with Gasteiger partial charge in [-0.2, -0.15) is 0 Å². The number of carbonyl (C=O) groups excluding carboxylic acids is 1. The Balaban J connectivity index is 2.33. The lowest BCUT2D eigenvalue weighted by atomic mass is 10.0. The van der Waals surface area contributed by atoms with E-state index in [9.17, 15) is 4.79 Å². The van der Waals surface area contributed by atoms with Crippen LogP contribution in [-0.2, 0) is 4.74 Å². The molecule has 2 aromatic carbocycles. The molecule has 0 aliphatic rings. The van der Waals surface area contributed by atoms with Gasteiger partial charge in [0, 0.05) is 5.56 Å². The summed E-state index contributed by atoms with van der Waals surface area (Å²) in [7, 11) is 0. The summed E-state index contributed by atoms with van der Waals surface area (Å²) < 4.78 is 5.36. The lowest BCUT2D eigenvalue weighted by Crippen LogP contribution is -2.07. The van der Waals surface area contributed by atoms with Crippen molar-refractivity contribution in [1.82, 2.24) is 0 Å². The number of allylic oxidation sites excluding steroid dienone is 2. The van der Waals surface area contributed by atoms with Crippen LogP contribution in [0.5, 0.6) is 0 Å². The maximum Gasteiger partial charge on any atom is 0.227 e. The van der Waals surface area contributed by atoms with Crippen LogP contribution in [0.2, 0.25) is 0 Å². The molecule has 0 saturated carbocycles. The Morgan fingerprint density at radius 1 is 1.05 bits per heavy atom. The first-order valence-electron chi connectivity index (χ1n) is 6.75. The van der Waals surface area contributed by atoms with E-state index >= 15 is 0 Å². The third-order valence-electron chi connectivity index (χ3n) is 3.02. The van der Waals surface area contributed by atoms with E-state index in [0.717, 1.165) is 11.1 Å². The van der Waals surface area contributed by atoms with Gasteiger partial charge in [-0.05, 0) is 37.1 Å². The van der Waals surface area contributed by atoms with Gasteiger partial charge in [-0.15, -0.1) is 0 Å². The molecular weight excluding hydrogens is 248 g/mol. The molecule has 20 heavy (non-hydrogen) atoms. The van der Waals surface area contributed by atoms with Crippen LogP contribution < -0.4 is 0 Å². The van der Waals surface area contributed by atoms with Gasteiger partial charge in [0.25, 0.3) is 0 Å². The maximum absolute atomic E-state index is 12.4. The number of hydrogen-bond acceptors (Lipinski definition) is 2. The zero-order chi connectivity index (χ0) is 14.4. The maximum atomic E-state index is 12.4. The molecular formula is C18H18O2. The Morgan fingerprint density at radius 2 is 1.75 bits per heavy atom. The highest BCUT2D eigenvalue weighted by Crippen LogP contribution is 2.21. The first kappa shape index (κ1) is 14.1. The molecule has 2 rings (SSSR count). The second kappa shape index (κ2) is 6.71. The van der Waals surface area contributed by atoms with Gasteiger partial charge in [-0.3, -0.25) is 4.79 Å². The second-order valence-corrected chi connectivity index (χ2v) is 4.36. The molecule has 0 atom stereocenters. The highest BCUT2D eigenvalue weighted by molar-refractivity contribution is 6.07. The summed E-state index contributed by atoms with van der Waals surface area (Å²) in [5, 5.41) is 0. The topological polar surface area (TPSA) is 26.3 Å². The summed E-state index contributed by atoms with van der Waals surface area (Å²) in [6.07, 6.45) is 1.71. The Hall–Kier alpha value is -2.35. The van der Waals surface area contributed by atoms with Crippen molar-refractivity contribution in [3.63, 3.8) is 0 Å². The van der Waals surface area contributed by atoms with E-state index in [1.54, 1.807) is 6.08 Å². The molecule has 2 nitrogen and oxygen atoms in total. The van der Waals surface area contributed by atoms with Crippen LogP contribution >= 0.6 is 0 Å². The molecule has 0 fully saturated rings. The fourth-order valence-corrected chi connectivity index (χ4v) is 2.05. The normalized spacial score (nSPS) is 11.2. The number of carbonyl (C=O) groups is 1. The Morgan fingerprint density at radius 3 is 2.40 bits per heavy atom. The molecule has 0 radical (unpaired) electrons. The van der Waals surface area contributed by atoms with Crippen LogP contribution in [0.1, 0.15) is 24.2 Å². The van der Waals surface area contributed by atoms with Crippen molar-refractivity contribution in [2.24, 2.45) is 0 Å². The van der Waals surface area contributed by atoms with Crippen molar-refractivity contribution in [3.05, 3.63) is 72.0 Å². The van der Waals surface area contributed by atoms with Gasteiger partial charge in [-0.1, -0.05) is 48.5 Å². The predicted octanol–water partition coefficient (Wildman–Crippen LogP) is 4.48. The highest BCUT2D eigenvalue weighted by atomic mass is 16.5. The smallest absolute Gasteiger partial charge is 0.227 e. The van der Waals surface area contributed by atoms with Gasteiger partial charge in [0.05, 0.1) is 6.61 Å². The molecule has 2 aromatic rings. The minimum absolute atomic E-state index is 0.0767. The molecule has 2 heteroatoms. The van der Waals surface area contributed by atoms with Gasteiger partial charge in [-0.25, -0.2) is 0 Å². The molecule has 0 saturated heterocycles. The third-order valence-corrected chi connectivity index (χ3v) is 3.02. The zero-order valence-electron chi connectivity index (χ0n) is 11.8. The lowest BCUT2D eigenvalue weighted by Gasteiger charge is -2.08. The fourth-order valence-electron chi connectivity index (χ4n) is 2.05. The summed E-state index contributed by atoms with van der Waals surface area (Å²) in [6.45, 7) is 4.17. The van der Waals surface area contributed by atoms with Crippen molar-refractivity contribution < 1.29 is 9.53 Å². The van der Waals surface area contributed by atoms with E-state index in [2.05, 4.69) is 0 Å². The number of hydrogen-bond donors (Lipinski definition) is 0. The number of ether oxygens (including phenoxy) is 1. The van der Waals surface area contributed by atoms with E-state index in [1.807, 2.05) is 68.4 Å². The molecule has 0 aliphatic heterocycles. The molecule has 0 heterocycles. The average Bonchev–Trinajstić information content (AvgIpc) is 2.53. The molecule has 102 valence electrons. The van der Waals surface area contributed by atoms with Gasteiger partial charge >= 0.3 is 0 Å². The molecule has 0 unspecified atom stereocenters. The van der Waals surface area contributed by atoms with Gasteiger partial charge < -0.3 is 4.74 Å². The van der Waals surface area contributed by atoms with Gasteiger partial charge in [0.1, 0.15) is 0 Å². The predicted molar refractivity (Wildman–Crippen MR) is 81.6 cm³/mol. The van der Waals surface area contributed by atoms with E-state index in [1.165, 1.54) is 0 Å². The first-order chi connectivity index (χ1) is 9.76. The molecule has 0 aromatic heterocycles. The SMILES string of the molecule is CC=C(OCC)C(=O)c1cccc(-c2ccccc2)c1. The number of Topliss-reactive ketones (excluding diaryl/α,β-unsaturated/α-hetero) is 1. The highest BCUT2D eigenvalue weighted by Gasteiger charge is 2.13. The van der Waals surface area contributed by atoms with Crippen molar-refractivity contribution in [3.8, 4) is 11.1 Å². The quantitative estimate of drug-likeness (QED) is 0.453. The fraction of sp³-hybridized carbons (Fsp3) is 0.167. The summed E-state index contributed by atoms with van der Waals surface area (Å²) in [4.78, 5) is 12.4. The van der Waals surface area contributed by atoms with Crippen molar-refractivity contribution in [2.75, 3.05) is 6.61 Å². The van der Waals surface area contributed by atoms with Crippen LogP contribution in [0.25, 0.3) is 11.1 Å². The minimum Gasteiger partial charge on any atom is -0.490 e. The van der Waals surface area contributed by atoms with Crippen LogP contribution in [0.4, 0.5) is 0 Å². The Bertz CT molecular complexity index is 612. The molecule has 0 bridgehead atoms. The largest absolute Gasteiger partial charge is 0.490 e. The van der Waals surface area contributed by atoms with Crippen LogP contribution in [-0.4, -0.2) is 12.4 Å². The Labute approximate surface area is 119 Å². The second-order valence-electron chi connectivity index (χ2n) is 4.36. The summed E-state index contributed by atoms with van der Waals surface area (Å²) in [6, 6.07) is 17.6. The molecule has 0 amide bonds. The van der Waals surface area contributed by atoms with Crippen LogP contribution in [0.3, 0.4) is 0 Å². The van der Waals surface area contributed by atoms with Gasteiger partial charge in [0.15, 0.2) is 5.76 Å². The average molecular weight is 266 g/mol. The molecule has 0 spiro atoms. The number of ketones is 1. The van der Waals surface area contributed by atoms with Crippen molar-refractivity contribution in [2.45, 2.75) is 13.8 Å². The van der Waals surface area contributed by atoms with Crippen molar-refractivity contribution in [1.29, 1.82) is 0 Å². The molecule has 0 N–H and O–H groups in total. The summed E-state index contributed by atoms with van der Waals surface area (Å²) >= 11 is 0. The standard InChI is InChI=1S/C18H18O2/c1-3-17(20-4-2)18(19)16-12-8-11-15(13-16)14-9-6-5-7-10-14/h3,5-13H,4H2,1-2H3. The van der Waals surface area contributed by atoms with E-state index < -0.39 is 0 Å². The first-order valence-corrected chi connectivity index (χ1v) is 6.75. The number of rotatable bonds is 5. The monoisotopic (exact) mass is 266 g/mol.